The van der Waals surface area contributed by atoms with E-state index in [0.717, 1.165) is 11.3 Å². The van der Waals surface area contributed by atoms with Gasteiger partial charge >= 0.3 is 0 Å². The summed E-state index contributed by atoms with van der Waals surface area (Å²) in [6.07, 6.45) is 0. The molecule has 0 aliphatic rings. The molecule has 0 saturated heterocycles. The van der Waals surface area contributed by atoms with Gasteiger partial charge in [0.2, 0.25) is 0 Å². The molecule has 1 heterocycles. The van der Waals surface area contributed by atoms with Crippen LogP contribution in [0.15, 0.2) is 16.9 Å². The average Bonchev–Trinajstić information content (AvgIpc) is 2.28. The van der Waals surface area contributed by atoms with Gasteiger partial charge in [-0.2, -0.15) is 0 Å². The molecular weight excluding hydrogens is 228 g/mol. The maximum absolute atomic E-state index is 12.4. The van der Waals surface area contributed by atoms with E-state index in [0.29, 0.717) is 19.7 Å². The predicted molar refractivity (Wildman–Crippen MR) is 74.0 cm³/mol. The zero-order valence-corrected chi connectivity index (χ0v) is 12.0. The predicted octanol–water partition coefficient (Wildman–Crippen LogP) is 1.51. The highest BCUT2D eigenvalue weighted by molar-refractivity contribution is 5.21. The molecule has 0 aromatic carbocycles. The minimum atomic E-state index is -0.0505. The molecule has 0 radical (unpaired) electrons. The van der Waals surface area contributed by atoms with Crippen molar-refractivity contribution in [3.8, 4) is 0 Å². The highest BCUT2D eigenvalue weighted by Gasteiger charge is 2.19. The highest BCUT2D eigenvalue weighted by atomic mass is 16.5. The molecule has 102 valence electrons. The molecule has 1 N–H and O–H groups in total. The molecule has 1 rings (SSSR count). The van der Waals surface area contributed by atoms with E-state index in [9.17, 15) is 4.79 Å². The van der Waals surface area contributed by atoms with E-state index in [4.69, 9.17) is 4.74 Å². The first kappa shape index (κ1) is 14.9. The summed E-state index contributed by atoms with van der Waals surface area (Å²) in [5, 5.41) is 3.02. The third kappa shape index (κ3) is 3.43. The van der Waals surface area contributed by atoms with Crippen molar-refractivity contribution in [2.24, 2.45) is 0 Å². The second-order valence-corrected chi connectivity index (χ2v) is 5.47. The zero-order chi connectivity index (χ0) is 13.8. The third-order valence-corrected chi connectivity index (χ3v) is 2.91. The van der Waals surface area contributed by atoms with Crippen molar-refractivity contribution in [2.45, 2.75) is 39.3 Å². The molecular formula is C14H24N2O2. The SMILES string of the molecule is CNCc1ccc(C(C)(C)C)n(CCOC)c1=O. The van der Waals surface area contributed by atoms with E-state index in [1.54, 1.807) is 7.11 Å². The smallest absolute Gasteiger partial charge is 0.255 e. The molecule has 0 fully saturated rings. The lowest BCUT2D eigenvalue weighted by Gasteiger charge is -2.24. The number of nitrogens with one attached hydrogen (secondary N) is 1. The molecule has 0 aliphatic heterocycles. The van der Waals surface area contributed by atoms with Crippen molar-refractivity contribution >= 4 is 0 Å². The van der Waals surface area contributed by atoms with Crippen LogP contribution in [0.4, 0.5) is 0 Å². The fourth-order valence-corrected chi connectivity index (χ4v) is 2.01. The Labute approximate surface area is 109 Å². The lowest BCUT2D eigenvalue weighted by atomic mass is 9.90. The monoisotopic (exact) mass is 252 g/mol. The molecule has 0 atom stereocenters. The van der Waals surface area contributed by atoms with Gasteiger partial charge in [0.05, 0.1) is 6.61 Å². The summed E-state index contributed by atoms with van der Waals surface area (Å²) in [5.41, 5.74) is 1.87. The molecule has 18 heavy (non-hydrogen) atoms. The fourth-order valence-electron chi connectivity index (χ4n) is 2.01. The number of ether oxygens (including phenoxy) is 1. The number of methoxy groups -OCH3 is 1. The Hall–Kier alpha value is -1.13. The Morgan fingerprint density at radius 1 is 1.33 bits per heavy atom. The molecule has 1 aromatic heterocycles. The number of aromatic nitrogens is 1. The zero-order valence-electron chi connectivity index (χ0n) is 12.0. The van der Waals surface area contributed by atoms with Gasteiger partial charge in [-0.25, -0.2) is 0 Å². The van der Waals surface area contributed by atoms with Crippen LogP contribution in [0.1, 0.15) is 32.0 Å². The summed E-state index contributed by atoms with van der Waals surface area (Å²) in [6, 6.07) is 3.96. The van der Waals surface area contributed by atoms with Crippen LogP contribution < -0.4 is 10.9 Å². The molecule has 0 amide bonds. The van der Waals surface area contributed by atoms with Crippen molar-refractivity contribution in [3.63, 3.8) is 0 Å². The van der Waals surface area contributed by atoms with E-state index in [1.807, 2.05) is 23.7 Å². The Kier molecular flexibility index (Phi) is 5.11. The molecule has 4 heteroatoms. The summed E-state index contributed by atoms with van der Waals surface area (Å²) >= 11 is 0. The summed E-state index contributed by atoms with van der Waals surface area (Å²) < 4.78 is 6.92. The van der Waals surface area contributed by atoms with E-state index >= 15 is 0 Å². The molecule has 1 aromatic rings. The first-order valence-electron chi connectivity index (χ1n) is 6.28. The van der Waals surface area contributed by atoms with Crippen molar-refractivity contribution in [2.75, 3.05) is 20.8 Å². The van der Waals surface area contributed by atoms with Crippen LogP contribution in [0.3, 0.4) is 0 Å². The van der Waals surface area contributed by atoms with Crippen LogP contribution in [0, 0.1) is 0 Å². The average molecular weight is 252 g/mol. The van der Waals surface area contributed by atoms with Gasteiger partial charge in [-0.1, -0.05) is 26.8 Å². The van der Waals surface area contributed by atoms with Gasteiger partial charge in [0.1, 0.15) is 0 Å². The summed E-state index contributed by atoms with van der Waals surface area (Å²) in [7, 11) is 3.50. The van der Waals surface area contributed by atoms with E-state index in [-0.39, 0.29) is 11.0 Å². The van der Waals surface area contributed by atoms with Gasteiger partial charge in [0.25, 0.3) is 5.56 Å². The van der Waals surface area contributed by atoms with Crippen molar-refractivity contribution < 1.29 is 4.74 Å². The summed E-state index contributed by atoms with van der Waals surface area (Å²) in [5.74, 6) is 0. The van der Waals surface area contributed by atoms with Crippen LogP contribution >= 0.6 is 0 Å². The minimum Gasteiger partial charge on any atom is -0.383 e. The van der Waals surface area contributed by atoms with Crippen molar-refractivity contribution in [3.05, 3.63) is 33.7 Å². The fraction of sp³-hybridized carbons (Fsp3) is 0.643. The Bertz CT molecular complexity index is 444. The first-order valence-corrected chi connectivity index (χ1v) is 6.28. The second kappa shape index (κ2) is 6.16. The maximum atomic E-state index is 12.4. The summed E-state index contributed by atoms with van der Waals surface area (Å²) in [6.45, 7) is 8.08. The summed E-state index contributed by atoms with van der Waals surface area (Å²) in [4.78, 5) is 12.4. The minimum absolute atomic E-state index is 0.0505. The number of hydrogen-bond acceptors (Lipinski definition) is 3. The van der Waals surface area contributed by atoms with Gasteiger partial charge in [0, 0.05) is 36.9 Å². The number of pyridine rings is 1. The van der Waals surface area contributed by atoms with E-state index < -0.39 is 0 Å². The van der Waals surface area contributed by atoms with Crippen LogP contribution in [0.5, 0.6) is 0 Å². The first-order chi connectivity index (χ1) is 8.41. The normalized spacial score (nSPS) is 11.8. The second-order valence-electron chi connectivity index (χ2n) is 5.47. The quantitative estimate of drug-likeness (QED) is 0.864. The van der Waals surface area contributed by atoms with Gasteiger partial charge < -0.3 is 14.6 Å². The Morgan fingerprint density at radius 2 is 2.00 bits per heavy atom. The van der Waals surface area contributed by atoms with Crippen LogP contribution in [-0.2, 0) is 23.2 Å². The standard InChI is InChI=1S/C14H24N2O2/c1-14(2,3)12-7-6-11(10-15-4)13(17)16(12)8-9-18-5/h6-7,15H,8-10H2,1-5H3. The number of hydrogen-bond donors (Lipinski definition) is 1. The highest BCUT2D eigenvalue weighted by Crippen LogP contribution is 2.21. The molecule has 0 saturated carbocycles. The van der Waals surface area contributed by atoms with Crippen LogP contribution in [-0.4, -0.2) is 25.3 Å². The Morgan fingerprint density at radius 3 is 2.50 bits per heavy atom. The van der Waals surface area contributed by atoms with Crippen molar-refractivity contribution in [1.82, 2.24) is 9.88 Å². The van der Waals surface area contributed by atoms with Gasteiger partial charge in [-0.3, -0.25) is 4.79 Å². The van der Waals surface area contributed by atoms with E-state index in [2.05, 4.69) is 26.1 Å². The van der Waals surface area contributed by atoms with Crippen LogP contribution in [0.2, 0.25) is 0 Å². The number of rotatable bonds is 5. The topological polar surface area (TPSA) is 43.3 Å². The maximum Gasteiger partial charge on any atom is 0.255 e. The van der Waals surface area contributed by atoms with Gasteiger partial charge in [-0.05, 0) is 13.1 Å². The molecule has 0 bridgehead atoms. The van der Waals surface area contributed by atoms with Gasteiger partial charge in [0.15, 0.2) is 0 Å². The van der Waals surface area contributed by atoms with Crippen molar-refractivity contribution in [1.29, 1.82) is 0 Å². The third-order valence-electron chi connectivity index (χ3n) is 2.91. The van der Waals surface area contributed by atoms with E-state index in [1.165, 1.54) is 0 Å². The Balaban J connectivity index is 3.28. The van der Waals surface area contributed by atoms with Gasteiger partial charge in [-0.15, -0.1) is 0 Å². The molecule has 4 nitrogen and oxygen atoms in total. The largest absolute Gasteiger partial charge is 0.383 e. The molecule has 0 unspecified atom stereocenters. The molecule has 0 spiro atoms. The van der Waals surface area contributed by atoms with Crippen LogP contribution in [0.25, 0.3) is 0 Å². The molecule has 0 aliphatic carbocycles. The number of nitrogens with zero attached hydrogens (tertiary/aromatic N) is 1. The lowest BCUT2D eigenvalue weighted by Crippen LogP contribution is -2.33. The lowest BCUT2D eigenvalue weighted by molar-refractivity contribution is 0.184.